The molecule has 1 amide bonds. The monoisotopic (exact) mass is 395 g/mol. The second-order valence-corrected chi connectivity index (χ2v) is 7.55. The molecule has 0 fully saturated rings. The fourth-order valence-corrected chi connectivity index (χ4v) is 4.09. The maximum Gasteiger partial charge on any atom is 0.262 e. The molecule has 1 heterocycles. The highest BCUT2D eigenvalue weighted by Crippen LogP contribution is 2.23. The highest BCUT2D eigenvalue weighted by atomic mass is 32.2. The first-order chi connectivity index (χ1) is 13.6. The lowest BCUT2D eigenvalue weighted by molar-refractivity contribution is -0.116. The molecule has 3 aromatic rings. The minimum Gasteiger partial charge on any atom is -0.312 e. The minimum absolute atomic E-state index is 0.00295. The first kappa shape index (κ1) is 20.1. The smallest absolute Gasteiger partial charge is 0.262 e. The molecule has 146 valence electrons. The SMILES string of the molecule is CC[C@H](C)n1c(SCC(=O)N(CC)c2ccccc2)nc2ccccc2c1=O. The summed E-state index contributed by atoms with van der Waals surface area (Å²) in [6.07, 6.45) is 0.812. The van der Waals surface area contributed by atoms with Crippen LogP contribution in [0.5, 0.6) is 0 Å². The molecule has 0 aliphatic heterocycles. The Morgan fingerprint density at radius 3 is 2.46 bits per heavy atom. The Bertz CT molecular complexity index is 1020. The van der Waals surface area contributed by atoms with Gasteiger partial charge in [-0.1, -0.05) is 49.0 Å². The van der Waals surface area contributed by atoms with Gasteiger partial charge in [-0.25, -0.2) is 4.98 Å². The number of nitrogens with zero attached hydrogens (tertiary/aromatic N) is 3. The lowest BCUT2D eigenvalue weighted by Crippen LogP contribution is -2.32. The van der Waals surface area contributed by atoms with Crippen LogP contribution in [0.1, 0.15) is 33.2 Å². The van der Waals surface area contributed by atoms with Crippen LogP contribution >= 0.6 is 11.8 Å². The molecule has 5 nitrogen and oxygen atoms in total. The predicted molar refractivity (Wildman–Crippen MR) is 116 cm³/mol. The van der Waals surface area contributed by atoms with Crippen LogP contribution in [0.2, 0.25) is 0 Å². The Balaban J connectivity index is 1.91. The topological polar surface area (TPSA) is 55.2 Å². The van der Waals surface area contributed by atoms with Gasteiger partial charge in [0.25, 0.3) is 5.56 Å². The Labute approximate surface area is 169 Å². The number of hydrogen-bond donors (Lipinski definition) is 0. The number of benzene rings is 2. The summed E-state index contributed by atoms with van der Waals surface area (Å²) in [5.41, 5.74) is 1.49. The Hall–Kier alpha value is -2.60. The van der Waals surface area contributed by atoms with Crippen molar-refractivity contribution in [2.75, 3.05) is 17.2 Å². The fourth-order valence-electron chi connectivity index (χ4n) is 3.11. The molecule has 0 aliphatic carbocycles. The maximum absolute atomic E-state index is 13.0. The molecule has 1 atom stereocenters. The zero-order valence-electron chi connectivity index (χ0n) is 16.5. The number of hydrogen-bond acceptors (Lipinski definition) is 4. The van der Waals surface area contributed by atoms with Crippen LogP contribution in [0.15, 0.2) is 64.5 Å². The maximum atomic E-state index is 13.0. The van der Waals surface area contributed by atoms with Gasteiger partial charge in [-0.15, -0.1) is 0 Å². The number of para-hydroxylation sites is 2. The lowest BCUT2D eigenvalue weighted by Gasteiger charge is -2.22. The predicted octanol–water partition coefficient (Wildman–Crippen LogP) is 4.51. The Morgan fingerprint density at radius 1 is 1.11 bits per heavy atom. The van der Waals surface area contributed by atoms with Crippen molar-refractivity contribution in [2.24, 2.45) is 0 Å². The number of aromatic nitrogens is 2. The summed E-state index contributed by atoms with van der Waals surface area (Å²) in [6, 6.07) is 17.0. The van der Waals surface area contributed by atoms with E-state index in [4.69, 9.17) is 4.98 Å². The molecular weight excluding hydrogens is 370 g/mol. The quantitative estimate of drug-likeness (QED) is 0.436. The van der Waals surface area contributed by atoms with Crippen molar-refractivity contribution in [3.63, 3.8) is 0 Å². The fraction of sp³-hybridized carbons (Fsp3) is 0.318. The van der Waals surface area contributed by atoms with Crippen LogP contribution in [0, 0.1) is 0 Å². The Kier molecular flexibility index (Phi) is 6.52. The van der Waals surface area contributed by atoms with Crippen LogP contribution in [0.4, 0.5) is 5.69 Å². The van der Waals surface area contributed by atoms with Gasteiger partial charge in [-0.3, -0.25) is 14.2 Å². The lowest BCUT2D eigenvalue weighted by atomic mass is 10.2. The molecule has 0 bridgehead atoms. The van der Waals surface area contributed by atoms with Gasteiger partial charge in [0.2, 0.25) is 5.91 Å². The third-order valence-electron chi connectivity index (χ3n) is 4.82. The van der Waals surface area contributed by atoms with E-state index in [1.807, 2.05) is 69.3 Å². The molecule has 0 radical (unpaired) electrons. The number of carbonyl (C=O) groups excluding carboxylic acids is 1. The molecule has 28 heavy (non-hydrogen) atoms. The Morgan fingerprint density at radius 2 is 1.79 bits per heavy atom. The second kappa shape index (κ2) is 9.06. The molecule has 3 rings (SSSR count). The first-order valence-electron chi connectivity index (χ1n) is 9.56. The number of rotatable bonds is 7. The van der Waals surface area contributed by atoms with Crippen LogP contribution in [0.25, 0.3) is 10.9 Å². The molecule has 1 aromatic heterocycles. The summed E-state index contributed by atoms with van der Waals surface area (Å²) in [7, 11) is 0. The van der Waals surface area contributed by atoms with Crippen molar-refractivity contribution in [3.05, 3.63) is 65.0 Å². The number of amides is 1. The normalized spacial score (nSPS) is 12.1. The van der Waals surface area contributed by atoms with E-state index in [9.17, 15) is 9.59 Å². The van der Waals surface area contributed by atoms with Crippen molar-refractivity contribution < 1.29 is 4.79 Å². The first-order valence-corrected chi connectivity index (χ1v) is 10.5. The molecule has 0 saturated carbocycles. The van der Waals surface area contributed by atoms with E-state index in [-0.39, 0.29) is 23.3 Å². The number of fused-ring (bicyclic) bond motifs is 1. The zero-order chi connectivity index (χ0) is 20.1. The van der Waals surface area contributed by atoms with Crippen LogP contribution in [-0.4, -0.2) is 27.8 Å². The van der Waals surface area contributed by atoms with Crippen molar-refractivity contribution in [1.29, 1.82) is 0 Å². The molecule has 6 heteroatoms. The third-order valence-corrected chi connectivity index (χ3v) is 5.75. The molecule has 0 aliphatic rings. The van der Waals surface area contributed by atoms with Gasteiger partial charge < -0.3 is 4.90 Å². The van der Waals surface area contributed by atoms with Gasteiger partial charge in [-0.05, 0) is 44.5 Å². The van der Waals surface area contributed by atoms with Crippen molar-refractivity contribution in [3.8, 4) is 0 Å². The second-order valence-electron chi connectivity index (χ2n) is 6.61. The molecule has 0 unspecified atom stereocenters. The van der Waals surface area contributed by atoms with E-state index in [2.05, 4.69) is 0 Å². The summed E-state index contributed by atoms with van der Waals surface area (Å²) in [5, 5.41) is 1.20. The van der Waals surface area contributed by atoms with Crippen LogP contribution in [-0.2, 0) is 4.79 Å². The summed E-state index contributed by atoms with van der Waals surface area (Å²) in [4.78, 5) is 32.3. The minimum atomic E-state index is -0.0506. The molecular formula is C22H25N3O2S. The van der Waals surface area contributed by atoms with Crippen LogP contribution < -0.4 is 10.5 Å². The highest BCUT2D eigenvalue weighted by Gasteiger charge is 2.19. The van der Waals surface area contributed by atoms with Crippen LogP contribution in [0.3, 0.4) is 0 Å². The standard InChI is InChI=1S/C22H25N3O2S/c1-4-16(3)25-21(27)18-13-9-10-14-19(18)23-22(25)28-15-20(26)24(5-2)17-11-7-6-8-12-17/h6-14,16H,4-5,15H2,1-3H3/t16-/m0/s1. The van der Waals surface area contributed by atoms with Crippen molar-refractivity contribution >= 4 is 34.3 Å². The van der Waals surface area contributed by atoms with E-state index < -0.39 is 0 Å². The van der Waals surface area contributed by atoms with Gasteiger partial charge in [-0.2, -0.15) is 0 Å². The van der Waals surface area contributed by atoms with E-state index in [1.165, 1.54) is 11.8 Å². The zero-order valence-corrected chi connectivity index (χ0v) is 17.3. The molecule has 2 aromatic carbocycles. The van der Waals surface area contributed by atoms with E-state index in [1.54, 1.807) is 15.5 Å². The number of thioether (sulfide) groups is 1. The average molecular weight is 396 g/mol. The largest absolute Gasteiger partial charge is 0.312 e. The van der Waals surface area contributed by atoms with Crippen molar-refractivity contribution in [1.82, 2.24) is 9.55 Å². The summed E-state index contributed by atoms with van der Waals surface area (Å²) in [6.45, 7) is 6.60. The van der Waals surface area contributed by atoms with Gasteiger partial charge in [0.15, 0.2) is 5.16 Å². The molecule has 0 saturated heterocycles. The van der Waals surface area contributed by atoms with E-state index >= 15 is 0 Å². The summed E-state index contributed by atoms with van der Waals surface area (Å²) in [5.74, 6) is 0.223. The number of carbonyl (C=O) groups is 1. The van der Waals surface area contributed by atoms with Gasteiger partial charge in [0, 0.05) is 18.3 Å². The van der Waals surface area contributed by atoms with E-state index in [0.717, 1.165) is 12.1 Å². The van der Waals surface area contributed by atoms with Gasteiger partial charge in [0.1, 0.15) is 0 Å². The summed E-state index contributed by atoms with van der Waals surface area (Å²) >= 11 is 1.33. The number of anilines is 1. The van der Waals surface area contributed by atoms with Gasteiger partial charge >= 0.3 is 0 Å². The molecule has 0 spiro atoms. The van der Waals surface area contributed by atoms with E-state index in [0.29, 0.717) is 22.6 Å². The van der Waals surface area contributed by atoms with Gasteiger partial charge in [0.05, 0.1) is 16.7 Å². The third kappa shape index (κ3) is 4.12. The average Bonchev–Trinajstić information content (AvgIpc) is 2.73. The summed E-state index contributed by atoms with van der Waals surface area (Å²) < 4.78 is 1.72. The highest BCUT2D eigenvalue weighted by molar-refractivity contribution is 7.99. The van der Waals surface area contributed by atoms with Crippen molar-refractivity contribution in [2.45, 2.75) is 38.4 Å². The molecule has 0 N–H and O–H groups in total.